The van der Waals surface area contributed by atoms with Gasteiger partial charge in [-0.3, -0.25) is 4.79 Å². The Kier molecular flexibility index (Phi) is 5.95. The molecule has 1 aliphatic rings. The lowest BCUT2D eigenvalue weighted by molar-refractivity contribution is 0.0505. The first-order valence-electron chi connectivity index (χ1n) is 9.79. The van der Waals surface area contributed by atoms with Crippen LogP contribution in [0.4, 0.5) is 5.00 Å². The van der Waals surface area contributed by atoms with Crippen molar-refractivity contribution in [1.82, 2.24) is 0 Å². The second-order valence-electron chi connectivity index (χ2n) is 7.39. The van der Waals surface area contributed by atoms with E-state index in [1.807, 2.05) is 31.2 Å². The van der Waals surface area contributed by atoms with Gasteiger partial charge in [0.2, 0.25) is 0 Å². The minimum atomic E-state index is -0.350. The number of amides is 1. The van der Waals surface area contributed by atoms with Crippen molar-refractivity contribution in [2.45, 2.75) is 39.5 Å². The summed E-state index contributed by atoms with van der Waals surface area (Å²) in [6.07, 6.45) is 3.55. The van der Waals surface area contributed by atoms with Gasteiger partial charge < -0.3 is 10.1 Å². The average molecular weight is 448 g/mol. The number of carbonyl (C=O) groups excluding carboxylic acids is 2. The van der Waals surface area contributed by atoms with E-state index in [-0.39, 0.29) is 11.9 Å². The number of hydrogen-bond acceptors (Lipinski definition) is 5. The topological polar surface area (TPSA) is 55.4 Å². The molecule has 0 fully saturated rings. The van der Waals surface area contributed by atoms with Crippen molar-refractivity contribution in [2.24, 2.45) is 5.92 Å². The number of thiophene rings is 2. The SMILES string of the molecule is CCCOC(=O)c1c(NC(=O)c2sc3ccccc3c2Cl)sc2c1CCC(C)C2. The van der Waals surface area contributed by atoms with E-state index in [2.05, 4.69) is 12.2 Å². The van der Waals surface area contributed by atoms with Crippen molar-refractivity contribution in [3.63, 3.8) is 0 Å². The summed E-state index contributed by atoms with van der Waals surface area (Å²) in [5, 5.41) is 4.85. The zero-order valence-corrected chi connectivity index (χ0v) is 18.7. The van der Waals surface area contributed by atoms with Gasteiger partial charge in [0.25, 0.3) is 5.91 Å². The summed E-state index contributed by atoms with van der Waals surface area (Å²) in [6, 6.07) is 7.68. The third-order valence-corrected chi connectivity index (χ3v) is 7.97. The van der Waals surface area contributed by atoms with Gasteiger partial charge in [0, 0.05) is 15.0 Å². The van der Waals surface area contributed by atoms with E-state index >= 15 is 0 Å². The van der Waals surface area contributed by atoms with Crippen LogP contribution in [0.15, 0.2) is 24.3 Å². The summed E-state index contributed by atoms with van der Waals surface area (Å²) in [5.41, 5.74) is 1.56. The molecule has 0 spiro atoms. The largest absolute Gasteiger partial charge is 0.462 e. The van der Waals surface area contributed by atoms with Crippen LogP contribution in [-0.4, -0.2) is 18.5 Å². The van der Waals surface area contributed by atoms with Gasteiger partial charge in [-0.15, -0.1) is 22.7 Å². The van der Waals surface area contributed by atoms with Gasteiger partial charge in [0.15, 0.2) is 0 Å². The quantitative estimate of drug-likeness (QED) is 0.450. The fourth-order valence-electron chi connectivity index (χ4n) is 3.64. The molecule has 0 bridgehead atoms. The molecule has 0 radical (unpaired) electrons. The lowest BCUT2D eigenvalue weighted by Gasteiger charge is -2.18. The third kappa shape index (κ3) is 3.93. The molecule has 0 saturated heterocycles. The predicted octanol–water partition coefficient (Wildman–Crippen LogP) is 6.56. The first-order chi connectivity index (χ1) is 14.0. The molecule has 0 aliphatic heterocycles. The Morgan fingerprint density at radius 2 is 2.07 bits per heavy atom. The highest BCUT2D eigenvalue weighted by Gasteiger charge is 2.30. The van der Waals surface area contributed by atoms with Gasteiger partial charge in [-0.2, -0.15) is 0 Å². The maximum absolute atomic E-state index is 13.0. The van der Waals surface area contributed by atoms with Gasteiger partial charge in [-0.05, 0) is 43.2 Å². The van der Waals surface area contributed by atoms with Crippen molar-refractivity contribution in [1.29, 1.82) is 0 Å². The molecule has 4 nitrogen and oxygen atoms in total. The van der Waals surface area contributed by atoms with Crippen LogP contribution in [0, 0.1) is 5.92 Å². The van der Waals surface area contributed by atoms with Gasteiger partial charge in [0.05, 0.1) is 17.2 Å². The number of hydrogen-bond donors (Lipinski definition) is 1. The minimum Gasteiger partial charge on any atom is -0.462 e. The molecule has 29 heavy (non-hydrogen) atoms. The summed E-state index contributed by atoms with van der Waals surface area (Å²) in [7, 11) is 0. The lowest BCUT2D eigenvalue weighted by Crippen LogP contribution is -2.16. The van der Waals surface area contributed by atoms with E-state index < -0.39 is 0 Å². The normalized spacial score (nSPS) is 15.9. The van der Waals surface area contributed by atoms with E-state index in [0.717, 1.165) is 41.3 Å². The molecule has 0 saturated carbocycles. The number of ether oxygens (including phenoxy) is 1. The van der Waals surface area contributed by atoms with E-state index in [4.69, 9.17) is 16.3 Å². The smallest absolute Gasteiger partial charge is 0.341 e. The Labute approximate surface area is 182 Å². The lowest BCUT2D eigenvalue weighted by atomic mass is 9.88. The summed E-state index contributed by atoms with van der Waals surface area (Å²) in [4.78, 5) is 27.4. The van der Waals surface area contributed by atoms with Gasteiger partial charge >= 0.3 is 5.97 Å². The Morgan fingerprint density at radius 1 is 1.28 bits per heavy atom. The molecule has 2 aromatic heterocycles. The molecule has 1 aromatic carbocycles. The van der Waals surface area contributed by atoms with Crippen LogP contribution in [-0.2, 0) is 17.6 Å². The number of esters is 1. The molecule has 3 aromatic rings. The van der Waals surface area contributed by atoms with Crippen molar-refractivity contribution in [3.05, 3.63) is 50.2 Å². The highest BCUT2D eigenvalue weighted by molar-refractivity contribution is 7.22. The highest BCUT2D eigenvalue weighted by Crippen LogP contribution is 2.41. The predicted molar refractivity (Wildman–Crippen MR) is 121 cm³/mol. The van der Waals surface area contributed by atoms with Crippen LogP contribution in [0.3, 0.4) is 0 Å². The first-order valence-corrected chi connectivity index (χ1v) is 11.8. The number of anilines is 1. The van der Waals surface area contributed by atoms with Crippen molar-refractivity contribution in [3.8, 4) is 0 Å². The molecule has 1 unspecified atom stereocenters. The molecular weight excluding hydrogens is 426 g/mol. The number of rotatable bonds is 5. The summed E-state index contributed by atoms with van der Waals surface area (Å²) in [6.45, 7) is 4.55. The van der Waals surface area contributed by atoms with Crippen LogP contribution in [0.25, 0.3) is 10.1 Å². The number of halogens is 1. The molecule has 2 heterocycles. The Morgan fingerprint density at radius 3 is 2.83 bits per heavy atom. The van der Waals surface area contributed by atoms with Crippen molar-refractivity contribution >= 4 is 61.2 Å². The van der Waals surface area contributed by atoms with Crippen LogP contribution < -0.4 is 5.32 Å². The van der Waals surface area contributed by atoms with E-state index in [1.54, 1.807) is 0 Å². The molecule has 152 valence electrons. The van der Waals surface area contributed by atoms with Crippen molar-refractivity contribution in [2.75, 3.05) is 11.9 Å². The standard InChI is InChI=1S/C22H22ClNO3S2/c1-3-10-27-22(26)17-13-9-8-12(2)11-16(13)29-21(17)24-20(25)19-18(23)14-6-4-5-7-15(14)28-19/h4-7,12H,3,8-11H2,1-2H3,(H,24,25). The highest BCUT2D eigenvalue weighted by atomic mass is 35.5. The van der Waals surface area contributed by atoms with Gasteiger partial charge in [-0.25, -0.2) is 4.79 Å². The molecule has 1 atom stereocenters. The fourth-order valence-corrected chi connectivity index (χ4v) is 6.45. The first kappa shape index (κ1) is 20.4. The second-order valence-corrected chi connectivity index (χ2v) is 9.92. The number of carbonyl (C=O) groups is 2. The maximum atomic E-state index is 13.0. The Hall–Kier alpha value is -1.89. The van der Waals surface area contributed by atoms with Crippen LogP contribution in [0.2, 0.25) is 5.02 Å². The van der Waals surface area contributed by atoms with E-state index in [1.165, 1.54) is 27.6 Å². The number of nitrogens with one attached hydrogen (secondary N) is 1. The van der Waals surface area contributed by atoms with Crippen LogP contribution in [0.5, 0.6) is 0 Å². The molecule has 1 aliphatic carbocycles. The van der Waals surface area contributed by atoms with Gasteiger partial charge in [-0.1, -0.05) is 43.6 Å². The molecule has 7 heteroatoms. The molecule has 1 N–H and O–H groups in total. The van der Waals surface area contributed by atoms with Crippen LogP contribution >= 0.6 is 34.3 Å². The van der Waals surface area contributed by atoms with E-state index in [0.29, 0.717) is 33.0 Å². The zero-order valence-electron chi connectivity index (χ0n) is 16.3. The molecule has 1 amide bonds. The monoisotopic (exact) mass is 447 g/mol. The maximum Gasteiger partial charge on any atom is 0.341 e. The van der Waals surface area contributed by atoms with Crippen LogP contribution in [0.1, 0.15) is 57.2 Å². The number of benzene rings is 1. The third-order valence-electron chi connectivity index (χ3n) is 5.12. The minimum absolute atomic E-state index is 0.285. The van der Waals surface area contributed by atoms with Gasteiger partial charge in [0.1, 0.15) is 9.88 Å². The van der Waals surface area contributed by atoms with E-state index in [9.17, 15) is 9.59 Å². The Balaban J connectivity index is 1.69. The number of fused-ring (bicyclic) bond motifs is 2. The van der Waals surface area contributed by atoms with Crippen molar-refractivity contribution < 1.29 is 14.3 Å². The average Bonchev–Trinajstić information content (AvgIpc) is 3.23. The summed E-state index contributed by atoms with van der Waals surface area (Å²) < 4.78 is 6.38. The molecular formula is C22H22ClNO3S2. The molecule has 4 rings (SSSR count). The second kappa shape index (κ2) is 8.46. The summed E-state index contributed by atoms with van der Waals surface area (Å²) in [5.74, 6) is -0.0646. The summed E-state index contributed by atoms with van der Waals surface area (Å²) >= 11 is 9.32. The fraction of sp³-hybridized carbons (Fsp3) is 0.364. The Bertz CT molecular complexity index is 1090. The zero-order chi connectivity index (χ0) is 20.5.